The molecule has 2 heterocycles. The van der Waals surface area contributed by atoms with Crippen LogP contribution < -0.4 is 0 Å². The van der Waals surface area contributed by atoms with Crippen molar-refractivity contribution in [3.63, 3.8) is 0 Å². The molecule has 0 fully saturated rings. The number of fused-ring (bicyclic) bond motifs is 1. The van der Waals surface area contributed by atoms with E-state index < -0.39 is 0 Å². The topological polar surface area (TPSA) is 22.4 Å². The fraction of sp³-hybridized carbons (Fsp3) is 0.333. The number of rotatable bonds is 3. The predicted octanol–water partition coefficient (Wildman–Crippen LogP) is 4.36. The zero-order chi connectivity index (χ0) is 12.5. The summed E-state index contributed by atoms with van der Waals surface area (Å²) in [6.45, 7) is 3.59. The summed E-state index contributed by atoms with van der Waals surface area (Å²) < 4.78 is 10.9. The second-order valence-corrected chi connectivity index (χ2v) is 5.45. The van der Waals surface area contributed by atoms with E-state index in [1.807, 2.05) is 6.07 Å². The smallest absolute Gasteiger partial charge is 0.108 e. The maximum absolute atomic E-state index is 5.49. The van der Waals surface area contributed by atoms with Gasteiger partial charge in [0.25, 0.3) is 0 Å². The predicted molar refractivity (Wildman–Crippen MR) is 73.8 cm³/mol. The summed E-state index contributed by atoms with van der Waals surface area (Å²) >= 11 is 3.77. The van der Waals surface area contributed by atoms with Gasteiger partial charge in [-0.25, -0.2) is 0 Å². The summed E-state index contributed by atoms with van der Waals surface area (Å²) in [5, 5.41) is 0. The van der Waals surface area contributed by atoms with E-state index in [0.717, 1.165) is 25.4 Å². The number of alkyl halides is 1. The molecule has 18 heavy (non-hydrogen) atoms. The van der Waals surface area contributed by atoms with Crippen molar-refractivity contribution in [1.29, 1.82) is 0 Å². The lowest BCUT2D eigenvalue weighted by molar-refractivity contribution is 0.134. The minimum absolute atomic E-state index is 0.192. The number of hydrogen-bond acceptors (Lipinski definition) is 2. The van der Waals surface area contributed by atoms with Crippen LogP contribution >= 0.6 is 15.9 Å². The third-order valence-electron chi connectivity index (χ3n) is 3.41. The van der Waals surface area contributed by atoms with Gasteiger partial charge < -0.3 is 9.15 Å². The third-order valence-corrected chi connectivity index (χ3v) is 4.43. The number of ether oxygens (including phenoxy) is 1. The van der Waals surface area contributed by atoms with E-state index in [1.165, 1.54) is 22.3 Å². The second-order valence-electron chi connectivity index (χ2n) is 4.54. The largest absolute Gasteiger partial charge is 0.469 e. The third kappa shape index (κ3) is 2.02. The van der Waals surface area contributed by atoms with Crippen LogP contribution in [0.3, 0.4) is 0 Å². The van der Waals surface area contributed by atoms with Crippen molar-refractivity contribution < 1.29 is 9.15 Å². The van der Waals surface area contributed by atoms with E-state index >= 15 is 0 Å². The molecule has 2 aromatic rings. The maximum Gasteiger partial charge on any atom is 0.108 e. The van der Waals surface area contributed by atoms with Crippen molar-refractivity contribution in [2.75, 3.05) is 0 Å². The van der Waals surface area contributed by atoms with E-state index in [-0.39, 0.29) is 4.83 Å². The molecular weight excluding hydrogens is 292 g/mol. The lowest BCUT2D eigenvalue weighted by Gasteiger charge is -2.11. The van der Waals surface area contributed by atoms with Gasteiger partial charge in [-0.05, 0) is 22.8 Å². The first-order valence-electron chi connectivity index (χ1n) is 6.19. The summed E-state index contributed by atoms with van der Waals surface area (Å²) in [6.07, 6.45) is 2.68. The quantitative estimate of drug-likeness (QED) is 0.786. The second kappa shape index (κ2) is 4.90. The Kier molecular flexibility index (Phi) is 3.27. The van der Waals surface area contributed by atoms with E-state index in [0.29, 0.717) is 0 Å². The zero-order valence-corrected chi connectivity index (χ0v) is 11.9. The van der Waals surface area contributed by atoms with Crippen LogP contribution in [-0.2, 0) is 24.4 Å². The summed E-state index contributed by atoms with van der Waals surface area (Å²) in [5.41, 5.74) is 5.09. The number of hydrogen-bond donors (Lipinski definition) is 0. The molecule has 0 radical (unpaired) electrons. The molecule has 0 saturated carbocycles. The Morgan fingerprint density at radius 2 is 2.06 bits per heavy atom. The Hall–Kier alpha value is -1.06. The minimum Gasteiger partial charge on any atom is -0.469 e. The van der Waals surface area contributed by atoms with Crippen LogP contribution in [0, 0.1) is 0 Å². The van der Waals surface area contributed by atoms with Crippen LogP contribution in [0.2, 0.25) is 0 Å². The van der Waals surface area contributed by atoms with Gasteiger partial charge in [0.2, 0.25) is 0 Å². The summed E-state index contributed by atoms with van der Waals surface area (Å²) in [7, 11) is 0. The Labute approximate surface area is 115 Å². The molecule has 0 amide bonds. The molecule has 1 aromatic carbocycles. The average Bonchev–Trinajstić information content (AvgIpc) is 3.05. The van der Waals surface area contributed by atoms with Gasteiger partial charge in [0.05, 0.1) is 24.3 Å². The highest BCUT2D eigenvalue weighted by Gasteiger charge is 2.19. The molecule has 1 aliphatic rings. The van der Waals surface area contributed by atoms with Gasteiger partial charge in [0, 0.05) is 12.0 Å². The molecule has 0 aliphatic carbocycles. The van der Waals surface area contributed by atoms with Crippen LogP contribution in [0.4, 0.5) is 0 Å². The van der Waals surface area contributed by atoms with Crippen molar-refractivity contribution in [1.82, 2.24) is 0 Å². The van der Waals surface area contributed by atoms with Gasteiger partial charge in [0.1, 0.15) is 5.76 Å². The van der Waals surface area contributed by atoms with E-state index in [4.69, 9.17) is 9.15 Å². The molecule has 0 saturated heterocycles. The molecule has 3 heteroatoms. The standard InChI is InChI=1S/C15H15BrO2/c1-2-14-13(5-6-18-14)15(16)10-3-4-11-8-17-9-12(11)7-10/h3-7,15H,2,8-9H2,1H3. The molecule has 1 aromatic heterocycles. The molecule has 0 spiro atoms. The molecule has 1 atom stereocenters. The van der Waals surface area contributed by atoms with Gasteiger partial charge >= 0.3 is 0 Å². The van der Waals surface area contributed by atoms with Crippen molar-refractivity contribution in [3.05, 3.63) is 58.5 Å². The Morgan fingerprint density at radius 3 is 2.89 bits per heavy atom. The van der Waals surface area contributed by atoms with Crippen LogP contribution in [0.5, 0.6) is 0 Å². The molecule has 2 nitrogen and oxygen atoms in total. The van der Waals surface area contributed by atoms with Gasteiger partial charge in [-0.1, -0.05) is 41.1 Å². The molecule has 0 N–H and O–H groups in total. The lowest BCUT2D eigenvalue weighted by atomic mass is 10.0. The van der Waals surface area contributed by atoms with Crippen LogP contribution in [-0.4, -0.2) is 0 Å². The maximum atomic E-state index is 5.49. The van der Waals surface area contributed by atoms with E-state index in [9.17, 15) is 0 Å². The fourth-order valence-corrected chi connectivity index (χ4v) is 3.09. The fourth-order valence-electron chi connectivity index (χ4n) is 2.39. The van der Waals surface area contributed by atoms with Gasteiger partial charge in [-0.3, -0.25) is 0 Å². The zero-order valence-electron chi connectivity index (χ0n) is 10.3. The Bertz CT molecular complexity index is 559. The molecule has 3 rings (SSSR count). The molecule has 0 bridgehead atoms. The van der Waals surface area contributed by atoms with Crippen molar-refractivity contribution in [2.24, 2.45) is 0 Å². The van der Waals surface area contributed by atoms with E-state index in [2.05, 4.69) is 41.1 Å². The molecular formula is C15H15BrO2. The molecule has 94 valence electrons. The lowest BCUT2D eigenvalue weighted by Crippen LogP contribution is -1.96. The van der Waals surface area contributed by atoms with Gasteiger partial charge in [0.15, 0.2) is 0 Å². The number of benzene rings is 1. The number of halogens is 1. The molecule has 1 unspecified atom stereocenters. The van der Waals surface area contributed by atoms with Crippen LogP contribution in [0.15, 0.2) is 34.9 Å². The van der Waals surface area contributed by atoms with Crippen molar-refractivity contribution in [3.8, 4) is 0 Å². The van der Waals surface area contributed by atoms with Crippen LogP contribution in [0.25, 0.3) is 0 Å². The summed E-state index contributed by atoms with van der Waals surface area (Å²) in [5.74, 6) is 1.05. The summed E-state index contributed by atoms with van der Waals surface area (Å²) in [4.78, 5) is 0.192. The molecule has 1 aliphatic heterocycles. The number of aryl methyl sites for hydroxylation is 1. The highest BCUT2D eigenvalue weighted by Crippen LogP contribution is 2.35. The first-order chi connectivity index (χ1) is 8.79. The Balaban J connectivity index is 1.95. The highest BCUT2D eigenvalue weighted by molar-refractivity contribution is 9.09. The minimum atomic E-state index is 0.192. The van der Waals surface area contributed by atoms with Gasteiger partial charge in [-0.2, -0.15) is 0 Å². The Morgan fingerprint density at radius 1 is 1.22 bits per heavy atom. The van der Waals surface area contributed by atoms with Gasteiger partial charge in [-0.15, -0.1) is 0 Å². The average molecular weight is 307 g/mol. The van der Waals surface area contributed by atoms with Crippen molar-refractivity contribution in [2.45, 2.75) is 31.4 Å². The van der Waals surface area contributed by atoms with E-state index in [1.54, 1.807) is 6.26 Å². The number of furan rings is 1. The SMILES string of the molecule is CCc1occc1C(Br)c1ccc2c(c1)COC2. The normalized spacial score (nSPS) is 15.7. The highest BCUT2D eigenvalue weighted by atomic mass is 79.9. The summed E-state index contributed by atoms with van der Waals surface area (Å²) in [6, 6.07) is 8.60. The first kappa shape index (κ1) is 12.0. The van der Waals surface area contributed by atoms with Crippen LogP contribution in [0.1, 0.15) is 39.8 Å². The monoisotopic (exact) mass is 306 g/mol. The first-order valence-corrected chi connectivity index (χ1v) is 7.11. The van der Waals surface area contributed by atoms with Crippen molar-refractivity contribution >= 4 is 15.9 Å².